The maximum absolute atomic E-state index is 12.1. The third-order valence-corrected chi connectivity index (χ3v) is 3.50. The summed E-state index contributed by atoms with van der Waals surface area (Å²) in [5.74, 6) is -1.23. The molecule has 5 heteroatoms. The predicted octanol–water partition coefficient (Wildman–Crippen LogP) is 1.56. The summed E-state index contributed by atoms with van der Waals surface area (Å²) < 4.78 is 0. The van der Waals surface area contributed by atoms with E-state index < -0.39 is 11.9 Å². The van der Waals surface area contributed by atoms with Crippen molar-refractivity contribution in [3.05, 3.63) is 35.4 Å². The lowest BCUT2D eigenvalue weighted by molar-refractivity contribution is -0.146. The van der Waals surface area contributed by atoms with E-state index in [9.17, 15) is 9.59 Å². The number of hydrogen-bond donors (Lipinski definition) is 1. The molecule has 5 nitrogen and oxygen atoms in total. The molecular weight excluding hydrogens is 244 g/mol. The Hall–Kier alpha value is -2.04. The van der Waals surface area contributed by atoms with Crippen LogP contribution in [0, 0.1) is 12.8 Å². The lowest BCUT2D eigenvalue weighted by Crippen LogP contribution is -2.56. The molecule has 2 rings (SSSR count). The number of aryl methyl sites for hydroxylation is 1. The molecule has 0 atom stereocenters. The largest absolute Gasteiger partial charge is 0.481 e. The van der Waals surface area contributed by atoms with Crippen LogP contribution < -0.4 is 0 Å². The minimum Gasteiger partial charge on any atom is -0.481 e. The number of likely N-dealkylation sites (tertiary alicyclic amines) is 1. The van der Waals surface area contributed by atoms with Crippen LogP contribution in [0.3, 0.4) is 0 Å². The zero-order valence-electron chi connectivity index (χ0n) is 11.2. The summed E-state index contributed by atoms with van der Waals surface area (Å²) in [5, 5.41) is 8.79. The van der Waals surface area contributed by atoms with Crippen molar-refractivity contribution >= 4 is 12.0 Å². The second-order valence-corrected chi connectivity index (χ2v) is 5.01. The van der Waals surface area contributed by atoms with Gasteiger partial charge in [-0.1, -0.05) is 24.3 Å². The van der Waals surface area contributed by atoms with Crippen LogP contribution in [0.25, 0.3) is 0 Å². The Balaban J connectivity index is 1.91. The summed E-state index contributed by atoms with van der Waals surface area (Å²) in [6.45, 7) is 3.18. The summed E-state index contributed by atoms with van der Waals surface area (Å²) in [7, 11) is 1.74. The van der Waals surface area contributed by atoms with Gasteiger partial charge in [0.1, 0.15) is 0 Å². The Morgan fingerprint density at radius 2 is 2.00 bits per heavy atom. The smallest absolute Gasteiger partial charge is 0.320 e. The summed E-state index contributed by atoms with van der Waals surface area (Å²) >= 11 is 0. The molecule has 0 bridgehead atoms. The zero-order chi connectivity index (χ0) is 14.0. The normalized spacial score (nSPS) is 14.9. The first-order valence-electron chi connectivity index (χ1n) is 6.26. The van der Waals surface area contributed by atoms with Crippen molar-refractivity contribution in [3.63, 3.8) is 0 Å². The van der Waals surface area contributed by atoms with E-state index in [0.29, 0.717) is 19.6 Å². The van der Waals surface area contributed by atoms with Gasteiger partial charge in [-0.15, -0.1) is 0 Å². The summed E-state index contributed by atoms with van der Waals surface area (Å²) in [5.41, 5.74) is 2.25. The number of benzene rings is 1. The molecule has 0 radical (unpaired) electrons. The SMILES string of the molecule is Cc1ccccc1CN(C)C(=O)N1CC(C(=O)O)C1. The minimum absolute atomic E-state index is 0.110. The van der Waals surface area contributed by atoms with E-state index >= 15 is 0 Å². The molecular formula is C14H18N2O3. The lowest BCUT2D eigenvalue weighted by Gasteiger charge is -2.39. The Bertz CT molecular complexity index is 495. The second kappa shape index (κ2) is 5.30. The van der Waals surface area contributed by atoms with Crippen molar-refractivity contribution in [2.45, 2.75) is 13.5 Å². The van der Waals surface area contributed by atoms with Gasteiger partial charge >= 0.3 is 12.0 Å². The van der Waals surface area contributed by atoms with E-state index in [4.69, 9.17) is 5.11 Å². The standard InChI is InChI=1S/C14H18N2O3/c1-10-5-3-4-6-11(10)7-15(2)14(19)16-8-12(9-16)13(17)18/h3-6,12H,7-9H2,1-2H3,(H,17,18). The highest BCUT2D eigenvalue weighted by Gasteiger charge is 2.36. The number of nitrogens with zero attached hydrogens (tertiary/aromatic N) is 2. The van der Waals surface area contributed by atoms with E-state index in [-0.39, 0.29) is 6.03 Å². The van der Waals surface area contributed by atoms with Crippen molar-refractivity contribution in [2.24, 2.45) is 5.92 Å². The molecule has 102 valence electrons. The van der Waals surface area contributed by atoms with E-state index in [1.165, 1.54) is 0 Å². The first kappa shape index (κ1) is 13.4. The minimum atomic E-state index is -0.828. The van der Waals surface area contributed by atoms with Crippen LogP contribution >= 0.6 is 0 Å². The Morgan fingerprint density at radius 1 is 1.37 bits per heavy atom. The second-order valence-electron chi connectivity index (χ2n) is 5.01. The van der Waals surface area contributed by atoms with E-state index in [2.05, 4.69) is 0 Å². The van der Waals surface area contributed by atoms with Crippen LogP contribution in [0.2, 0.25) is 0 Å². The van der Waals surface area contributed by atoms with E-state index in [0.717, 1.165) is 11.1 Å². The number of urea groups is 1. The van der Waals surface area contributed by atoms with Gasteiger partial charge in [0.05, 0.1) is 5.92 Å². The van der Waals surface area contributed by atoms with Gasteiger partial charge in [0.2, 0.25) is 0 Å². The molecule has 0 aromatic heterocycles. The molecule has 1 aromatic rings. The molecule has 1 N–H and O–H groups in total. The van der Waals surface area contributed by atoms with Gasteiger partial charge in [0, 0.05) is 26.7 Å². The van der Waals surface area contributed by atoms with Crippen LogP contribution in [-0.4, -0.2) is 47.0 Å². The van der Waals surface area contributed by atoms with Gasteiger partial charge in [0.15, 0.2) is 0 Å². The van der Waals surface area contributed by atoms with Crippen molar-refractivity contribution in [2.75, 3.05) is 20.1 Å². The zero-order valence-corrected chi connectivity index (χ0v) is 11.2. The van der Waals surface area contributed by atoms with E-state index in [1.54, 1.807) is 16.8 Å². The quantitative estimate of drug-likeness (QED) is 0.899. The highest BCUT2D eigenvalue weighted by Crippen LogP contribution is 2.18. The molecule has 1 aliphatic heterocycles. The lowest BCUT2D eigenvalue weighted by atomic mass is 10.0. The third-order valence-electron chi connectivity index (χ3n) is 3.50. The number of rotatable bonds is 3. The Kier molecular flexibility index (Phi) is 3.74. The fourth-order valence-electron chi connectivity index (χ4n) is 2.14. The molecule has 0 saturated carbocycles. The monoisotopic (exact) mass is 262 g/mol. The predicted molar refractivity (Wildman–Crippen MR) is 70.7 cm³/mol. The fourth-order valence-corrected chi connectivity index (χ4v) is 2.14. The maximum atomic E-state index is 12.1. The topological polar surface area (TPSA) is 60.9 Å². The fraction of sp³-hybridized carbons (Fsp3) is 0.429. The molecule has 1 aliphatic rings. The number of carboxylic acids is 1. The van der Waals surface area contributed by atoms with Crippen molar-refractivity contribution in [3.8, 4) is 0 Å². The van der Waals surface area contributed by atoms with Crippen LogP contribution in [0.1, 0.15) is 11.1 Å². The Labute approximate surface area is 112 Å². The molecule has 19 heavy (non-hydrogen) atoms. The average Bonchev–Trinajstić information content (AvgIpc) is 2.29. The van der Waals surface area contributed by atoms with Crippen LogP contribution in [0.4, 0.5) is 4.79 Å². The highest BCUT2D eigenvalue weighted by molar-refractivity contribution is 5.79. The molecule has 0 aliphatic carbocycles. The first-order chi connectivity index (χ1) is 8.99. The molecule has 2 amide bonds. The molecule has 1 fully saturated rings. The van der Waals surface area contributed by atoms with Crippen molar-refractivity contribution in [1.29, 1.82) is 0 Å². The number of hydrogen-bond acceptors (Lipinski definition) is 2. The van der Waals surface area contributed by atoms with Gasteiger partial charge in [-0.05, 0) is 18.1 Å². The third kappa shape index (κ3) is 2.86. The average molecular weight is 262 g/mol. The van der Waals surface area contributed by atoms with Crippen LogP contribution in [0.5, 0.6) is 0 Å². The van der Waals surface area contributed by atoms with Gasteiger partial charge in [-0.3, -0.25) is 4.79 Å². The Morgan fingerprint density at radius 3 is 2.58 bits per heavy atom. The number of carboxylic acid groups (broad SMARTS) is 1. The summed E-state index contributed by atoms with van der Waals surface area (Å²) in [6.07, 6.45) is 0. The summed E-state index contributed by atoms with van der Waals surface area (Å²) in [6, 6.07) is 7.81. The van der Waals surface area contributed by atoms with Gasteiger partial charge in [-0.2, -0.15) is 0 Å². The molecule has 1 aromatic carbocycles. The van der Waals surface area contributed by atoms with Crippen LogP contribution in [-0.2, 0) is 11.3 Å². The number of carbonyl (C=O) groups excluding carboxylic acids is 1. The molecule has 0 unspecified atom stereocenters. The molecule has 0 spiro atoms. The molecule has 1 saturated heterocycles. The number of carbonyl (C=O) groups is 2. The van der Waals surface area contributed by atoms with Gasteiger partial charge in [0.25, 0.3) is 0 Å². The maximum Gasteiger partial charge on any atom is 0.320 e. The van der Waals surface area contributed by atoms with Gasteiger partial charge in [-0.25, -0.2) is 4.79 Å². The number of amides is 2. The summed E-state index contributed by atoms with van der Waals surface area (Å²) in [4.78, 5) is 26.0. The first-order valence-corrected chi connectivity index (χ1v) is 6.26. The van der Waals surface area contributed by atoms with E-state index in [1.807, 2.05) is 31.2 Å². The number of aliphatic carboxylic acids is 1. The highest BCUT2D eigenvalue weighted by atomic mass is 16.4. The van der Waals surface area contributed by atoms with Gasteiger partial charge < -0.3 is 14.9 Å². The molecule has 1 heterocycles. The van der Waals surface area contributed by atoms with Crippen molar-refractivity contribution < 1.29 is 14.7 Å². The van der Waals surface area contributed by atoms with Crippen LogP contribution in [0.15, 0.2) is 24.3 Å². The van der Waals surface area contributed by atoms with Crippen molar-refractivity contribution in [1.82, 2.24) is 9.80 Å².